The maximum Gasteiger partial charge on any atom is 0.408 e. The van der Waals surface area contributed by atoms with Crippen molar-refractivity contribution in [1.82, 2.24) is 15.2 Å². The number of nitrogens with zero attached hydrogens (tertiary/aromatic N) is 1. The van der Waals surface area contributed by atoms with Crippen LogP contribution in [0.5, 0.6) is 5.75 Å². The molecule has 0 aromatic carbocycles. The molecular weight excluding hydrogens is 442 g/mol. The number of amides is 2. The normalized spacial score (nSPS) is 20.5. The maximum atomic E-state index is 12.3. The minimum atomic E-state index is -0.685. The molecule has 0 bridgehead atoms. The lowest BCUT2D eigenvalue weighted by atomic mass is 9.92. The van der Waals surface area contributed by atoms with Crippen LogP contribution in [0, 0.1) is 0 Å². The summed E-state index contributed by atoms with van der Waals surface area (Å²) in [6.45, 7) is 6.93. The van der Waals surface area contributed by atoms with Crippen molar-refractivity contribution in [2.24, 2.45) is 7.05 Å². The fourth-order valence-electron chi connectivity index (χ4n) is 3.05. The van der Waals surface area contributed by atoms with Gasteiger partial charge in [0.2, 0.25) is 5.91 Å². The second-order valence-electron chi connectivity index (χ2n) is 8.40. The highest BCUT2D eigenvalue weighted by molar-refractivity contribution is 9.10. The first kappa shape index (κ1) is 23.3. The van der Waals surface area contributed by atoms with Crippen LogP contribution in [0.2, 0.25) is 0 Å². The molecule has 2 rings (SSSR count). The van der Waals surface area contributed by atoms with Gasteiger partial charge in [-0.3, -0.25) is 9.59 Å². The lowest BCUT2D eigenvalue weighted by Gasteiger charge is -2.30. The Labute approximate surface area is 179 Å². The number of hydrogen-bond acceptors (Lipinski definition) is 5. The van der Waals surface area contributed by atoms with Crippen LogP contribution in [0.3, 0.4) is 0 Å². The Morgan fingerprint density at radius 1 is 1.24 bits per heavy atom. The lowest BCUT2D eigenvalue weighted by molar-refractivity contribution is -0.123. The van der Waals surface area contributed by atoms with Gasteiger partial charge in [-0.25, -0.2) is 4.79 Å². The van der Waals surface area contributed by atoms with Gasteiger partial charge in [0.25, 0.3) is 5.56 Å². The van der Waals surface area contributed by atoms with Gasteiger partial charge < -0.3 is 24.7 Å². The van der Waals surface area contributed by atoms with Crippen molar-refractivity contribution in [3.05, 3.63) is 27.1 Å². The Balaban J connectivity index is 1.79. The van der Waals surface area contributed by atoms with Gasteiger partial charge in [-0.2, -0.15) is 0 Å². The fraction of sp³-hybridized carbons (Fsp3) is 0.650. The van der Waals surface area contributed by atoms with Crippen LogP contribution in [-0.2, 0) is 16.6 Å². The molecule has 2 amide bonds. The first-order valence-electron chi connectivity index (χ1n) is 9.77. The first-order chi connectivity index (χ1) is 13.4. The summed E-state index contributed by atoms with van der Waals surface area (Å²) in [5.74, 6) is 0.297. The summed E-state index contributed by atoms with van der Waals surface area (Å²) in [6, 6.07) is 0.815. The number of nitrogens with one attached hydrogen (secondary N) is 2. The van der Waals surface area contributed by atoms with Crippen LogP contribution >= 0.6 is 15.9 Å². The van der Waals surface area contributed by atoms with Crippen molar-refractivity contribution in [2.75, 3.05) is 0 Å². The Hall–Kier alpha value is -2.03. The molecule has 1 aromatic heterocycles. The Morgan fingerprint density at radius 2 is 1.86 bits per heavy atom. The average Bonchev–Trinajstić information content (AvgIpc) is 2.59. The molecule has 8 nitrogen and oxygen atoms in total. The second-order valence-corrected chi connectivity index (χ2v) is 9.26. The first-order valence-corrected chi connectivity index (χ1v) is 10.6. The van der Waals surface area contributed by atoms with Crippen molar-refractivity contribution in [3.8, 4) is 5.75 Å². The molecule has 0 aliphatic heterocycles. The molecule has 2 N–H and O–H groups in total. The van der Waals surface area contributed by atoms with E-state index in [0.717, 1.165) is 30.2 Å². The summed E-state index contributed by atoms with van der Waals surface area (Å²) in [4.78, 5) is 35.9. The molecule has 1 aliphatic rings. The van der Waals surface area contributed by atoms with Gasteiger partial charge in [0, 0.05) is 25.4 Å². The highest BCUT2D eigenvalue weighted by atomic mass is 79.9. The number of pyridine rings is 1. The van der Waals surface area contributed by atoms with E-state index < -0.39 is 17.7 Å². The van der Waals surface area contributed by atoms with Gasteiger partial charge in [0.1, 0.15) is 17.4 Å². The van der Waals surface area contributed by atoms with Crippen molar-refractivity contribution in [3.63, 3.8) is 0 Å². The number of ether oxygens (including phenoxy) is 2. The minimum absolute atomic E-state index is 0.0103. The fourth-order valence-corrected chi connectivity index (χ4v) is 3.57. The number of rotatable bonds is 5. The minimum Gasteiger partial charge on any atom is -0.489 e. The molecule has 9 heteroatoms. The zero-order valence-electron chi connectivity index (χ0n) is 17.6. The molecule has 0 radical (unpaired) electrons. The number of aryl methyl sites for hydroxylation is 1. The highest BCUT2D eigenvalue weighted by Gasteiger charge is 2.27. The summed E-state index contributed by atoms with van der Waals surface area (Å²) in [5, 5.41) is 5.52. The number of hydrogen-bond donors (Lipinski definition) is 2. The van der Waals surface area contributed by atoms with Gasteiger partial charge in [-0.05, 0) is 69.3 Å². The molecule has 1 atom stereocenters. The zero-order valence-corrected chi connectivity index (χ0v) is 19.2. The molecule has 162 valence electrons. The van der Waals surface area contributed by atoms with E-state index in [-0.39, 0.29) is 23.6 Å². The van der Waals surface area contributed by atoms with Crippen LogP contribution < -0.4 is 20.9 Å². The molecule has 1 aliphatic carbocycles. The average molecular weight is 472 g/mol. The van der Waals surface area contributed by atoms with Gasteiger partial charge in [-0.15, -0.1) is 0 Å². The van der Waals surface area contributed by atoms with E-state index in [1.54, 1.807) is 40.9 Å². The van der Waals surface area contributed by atoms with Gasteiger partial charge in [-0.1, -0.05) is 0 Å². The number of halogens is 1. The topological polar surface area (TPSA) is 98.7 Å². The molecule has 1 heterocycles. The largest absolute Gasteiger partial charge is 0.489 e. The van der Waals surface area contributed by atoms with E-state index in [1.807, 2.05) is 0 Å². The van der Waals surface area contributed by atoms with Crippen molar-refractivity contribution in [1.29, 1.82) is 0 Å². The molecule has 0 saturated heterocycles. The number of carbonyl (C=O) groups excluding carboxylic acids is 2. The van der Waals surface area contributed by atoms with Gasteiger partial charge in [0.15, 0.2) is 0 Å². The Kier molecular flexibility index (Phi) is 7.73. The number of alkyl carbamates (subject to hydrolysis) is 1. The van der Waals surface area contributed by atoms with E-state index >= 15 is 0 Å². The third-order valence-electron chi connectivity index (χ3n) is 4.59. The van der Waals surface area contributed by atoms with Crippen molar-refractivity contribution < 1.29 is 19.1 Å². The quantitative estimate of drug-likeness (QED) is 0.687. The Bertz CT molecular complexity index is 794. The standard InChI is InChI=1S/C20H30BrN3O5/c1-12(22-19(27)29-20(2,3)4)18(26)23-13-6-8-14(9-7-13)28-16-10-17(25)24(5)11-15(16)21/h10-14H,6-9H2,1-5H3,(H,22,27)(H,23,26)/t12-,13?,14?/m0/s1. The second kappa shape index (κ2) is 9.65. The summed E-state index contributed by atoms with van der Waals surface area (Å²) >= 11 is 3.42. The lowest BCUT2D eigenvalue weighted by Crippen LogP contribution is -2.50. The predicted molar refractivity (Wildman–Crippen MR) is 113 cm³/mol. The van der Waals surface area contributed by atoms with E-state index in [1.165, 1.54) is 10.6 Å². The van der Waals surface area contributed by atoms with Crippen molar-refractivity contribution in [2.45, 2.75) is 77.2 Å². The number of aromatic nitrogens is 1. The smallest absolute Gasteiger partial charge is 0.408 e. The molecule has 1 saturated carbocycles. The molecular formula is C20H30BrN3O5. The van der Waals surface area contributed by atoms with Crippen LogP contribution in [0.1, 0.15) is 53.4 Å². The summed E-state index contributed by atoms with van der Waals surface area (Å²) in [6.07, 6.45) is 4.11. The van der Waals surface area contributed by atoms with E-state index in [9.17, 15) is 14.4 Å². The van der Waals surface area contributed by atoms with Crippen LogP contribution in [0.4, 0.5) is 4.79 Å². The van der Waals surface area contributed by atoms with Gasteiger partial charge in [0.05, 0.1) is 10.6 Å². The maximum absolute atomic E-state index is 12.3. The van der Waals surface area contributed by atoms with Crippen LogP contribution in [0.25, 0.3) is 0 Å². The summed E-state index contributed by atoms with van der Waals surface area (Å²) in [7, 11) is 1.68. The molecule has 1 aromatic rings. The highest BCUT2D eigenvalue weighted by Crippen LogP contribution is 2.28. The van der Waals surface area contributed by atoms with Crippen LogP contribution in [-0.4, -0.2) is 40.4 Å². The summed E-state index contributed by atoms with van der Waals surface area (Å²) < 4.78 is 13.4. The van der Waals surface area contributed by atoms with Crippen LogP contribution in [0.15, 0.2) is 21.5 Å². The zero-order chi connectivity index (χ0) is 21.8. The van der Waals surface area contributed by atoms with Crippen molar-refractivity contribution >= 4 is 27.9 Å². The van der Waals surface area contributed by atoms with Gasteiger partial charge >= 0.3 is 6.09 Å². The third-order valence-corrected chi connectivity index (χ3v) is 5.18. The predicted octanol–water partition coefficient (Wildman–Crippen LogP) is 2.87. The van der Waals surface area contributed by atoms with E-state index in [0.29, 0.717) is 5.75 Å². The molecule has 29 heavy (non-hydrogen) atoms. The Morgan fingerprint density at radius 3 is 2.45 bits per heavy atom. The molecule has 1 fully saturated rings. The number of carbonyl (C=O) groups is 2. The van der Waals surface area contributed by atoms with E-state index in [4.69, 9.17) is 9.47 Å². The summed E-state index contributed by atoms with van der Waals surface area (Å²) in [5.41, 5.74) is -0.743. The monoisotopic (exact) mass is 471 g/mol. The molecule has 0 unspecified atom stereocenters. The SMILES string of the molecule is C[C@H](NC(=O)OC(C)(C)C)C(=O)NC1CCC(Oc2cc(=O)n(C)cc2Br)CC1. The third kappa shape index (κ3) is 7.38. The molecule has 0 spiro atoms. The van der Waals surface area contributed by atoms with E-state index in [2.05, 4.69) is 26.6 Å².